The molecule has 1 aromatic heterocycles. The summed E-state index contributed by atoms with van der Waals surface area (Å²) in [6.07, 6.45) is 5.99. The molecule has 0 spiro atoms. The smallest absolute Gasteiger partial charge is 0.242 e. The highest BCUT2D eigenvalue weighted by Crippen LogP contribution is 2.24. The van der Waals surface area contributed by atoms with Crippen LogP contribution in [0.5, 0.6) is 0 Å². The van der Waals surface area contributed by atoms with E-state index < -0.39 is 10.0 Å². The van der Waals surface area contributed by atoms with Crippen molar-refractivity contribution < 1.29 is 8.42 Å². The van der Waals surface area contributed by atoms with Crippen LogP contribution in [-0.2, 0) is 10.0 Å². The normalized spacial score (nSPS) is 16.6. The molecule has 0 radical (unpaired) electrons. The maximum absolute atomic E-state index is 12.2. The highest BCUT2D eigenvalue weighted by atomic mass is 32.2. The molecule has 1 aromatic rings. The molecule has 1 aliphatic carbocycles. The fraction of sp³-hybridized carbons (Fsp3) is 0.500. The molecule has 19 heavy (non-hydrogen) atoms. The summed E-state index contributed by atoms with van der Waals surface area (Å²) in [5, 5.41) is 0. The average Bonchev–Trinajstić information content (AvgIpc) is 2.89. The van der Waals surface area contributed by atoms with Crippen LogP contribution in [0.3, 0.4) is 0 Å². The van der Waals surface area contributed by atoms with E-state index in [1.807, 2.05) is 0 Å². The maximum atomic E-state index is 12.2. The summed E-state index contributed by atoms with van der Waals surface area (Å²) in [6.45, 7) is 0.466. The Hall–Kier alpha value is -1.05. The van der Waals surface area contributed by atoms with Crippen LogP contribution in [0.2, 0.25) is 0 Å². The van der Waals surface area contributed by atoms with Gasteiger partial charge in [0.2, 0.25) is 10.0 Å². The van der Waals surface area contributed by atoms with Crippen molar-refractivity contribution in [1.82, 2.24) is 9.71 Å². The molecule has 1 aliphatic rings. The second-order valence-corrected chi connectivity index (χ2v) is 6.89. The Bertz CT molecular complexity index is 566. The predicted octanol–water partition coefficient (Wildman–Crippen LogP) is 1.18. The largest absolute Gasteiger partial charge is 0.388 e. The molecule has 5 nitrogen and oxygen atoms in total. The third-order valence-corrected chi connectivity index (χ3v) is 4.98. The fourth-order valence-electron chi connectivity index (χ4n) is 2.31. The van der Waals surface area contributed by atoms with E-state index in [2.05, 4.69) is 9.71 Å². The van der Waals surface area contributed by atoms with E-state index in [0.717, 1.165) is 12.8 Å². The van der Waals surface area contributed by atoms with Gasteiger partial charge < -0.3 is 5.73 Å². The molecule has 0 bridgehead atoms. The lowest BCUT2D eigenvalue weighted by Gasteiger charge is -2.12. The summed E-state index contributed by atoms with van der Waals surface area (Å²) >= 11 is 4.83. The standard InChI is InChI=1S/C12H17N3O2S2/c13-12(18)11-10(6-3-7-14-11)19(16,17)15-8-9-4-1-2-5-9/h3,6-7,9,15H,1-2,4-5,8H2,(H2,13,18). The van der Waals surface area contributed by atoms with Crippen LogP contribution in [0.15, 0.2) is 23.2 Å². The lowest BCUT2D eigenvalue weighted by molar-refractivity contribution is 0.519. The second kappa shape index (κ2) is 5.94. The van der Waals surface area contributed by atoms with E-state index in [0.29, 0.717) is 12.5 Å². The molecular formula is C12H17N3O2S2. The van der Waals surface area contributed by atoms with Gasteiger partial charge >= 0.3 is 0 Å². The van der Waals surface area contributed by atoms with Gasteiger partial charge in [0.25, 0.3) is 0 Å². The van der Waals surface area contributed by atoms with Crippen LogP contribution < -0.4 is 10.5 Å². The van der Waals surface area contributed by atoms with Crippen molar-refractivity contribution in [1.29, 1.82) is 0 Å². The van der Waals surface area contributed by atoms with Crippen LogP contribution in [0.1, 0.15) is 31.4 Å². The highest BCUT2D eigenvalue weighted by Gasteiger charge is 2.23. The minimum Gasteiger partial charge on any atom is -0.388 e. The van der Waals surface area contributed by atoms with Gasteiger partial charge in [-0.2, -0.15) is 0 Å². The average molecular weight is 299 g/mol. The van der Waals surface area contributed by atoms with Gasteiger partial charge in [0.1, 0.15) is 15.6 Å². The number of thiocarbonyl (C=S) groups is 1. The molecule has 0 aliphatic heterocycles. The first kappa shape index (κ1) is 14.4. The van der Waals surface area contributed by atoms with Gasteiger partial charge in [0.15, 0.2) is 0 Å². The first-order valence-electron chi connectivity index (χ1n) is 6.25. The molecule has 0 unspecified atom stereocenters. The second-order valence-electron chi connectivity index (χ2n) is 4.72. The van der Waals surface area contributed by atoms with E-state index in [1.54, 1.807) is 6.07 Å². The van der Waals surface area contributed by atoms with Crippen molar-refractivity contribution in [2.24, 2.45) is 11.7 Å². The van der Waals surface area contributed by atoms with Gasteiger partial charge in [-0.15, -0.1) is 0 Å². The Morgan fingerprint density at radius 2 is 2.16 bits per heavy atom. The molecule has 1 fully saturated rings. The Kier molecular flexibility index (Phi) is 4.49. The van der Waals surface area contributed by atoms with E-state index in [9.17, 15) is 8.42 Å². The molecule has 1 heterocycles. The molecule has 0 aromatic carbocycles. The predicted molar refractivity (Wildman–Crippen MR) is 77.3 cm³/mol. The number of hydrogen-bond acceptors (Lipinski definition) is 4. The maximum Gasteiger partial charge on any atom is 0.242 e. The van der Waals surface area contributed by atoms with Crippen LogP contribution in [0.4, 0.5) is 0 Å². The summed E-state index contributed by atoms with van der Waals surface area (Å²) in [7, 11) is -3.60. The Labute approximate surface area is 118 Å². The molecule has 0 amide bonds. The summed E-state index contributed by atoms with van der Waals surface area (Å²) in [5.74, 6) is 0.430. The summed E-state index contributed by atoms with van der Waals surface area (Å²) < 4.78 is 27.1. The molecule has 1 saturated carbocycles. The SMILES string of the molecule is NC(=S)c1ncccc1S(=O)(=O)NCC1CCCC1. The first-order valence-corrected chi connectivity index (χ1v) is 8.14. The van der Waals surface area contributed by atoms with E-state index in [4.69, 9.17) is 18.0 Å². The monoisotopic (exact) mass is 299 g/mol. The molecule has 104 valence electrons. The summed E-state index contributed by atoms with van der Waals surface area (Å²) in [6, 6.07) is 3.03. The third-order valence-electron chi connectivity index (χ3n) is 3.33. The topological polar surface area (TPSA) is 85.1 Å². The van der Waals surface area contributed by atoms with Gasteiger partial charge in [-0.3, -0.25) is 4.98 Å². The van der Waals surface area contributed by atoms with Crippen molar-refractivity contribution in [2.45, 2.75) is 30.6 Å². The molecule has 7 heteroatoms. The van der Waals surface area contributed by atoms with Gasteiger partial charge in [-0.1, -0.05) is 25.1 Å². The number of sulfonamides is 1. The van der Waals surface area contributed by atoms with E-state index in [-0.39, 0.29) is 15.6 Å². The molecule has 3 N–H and O–H groups in total. The third kappa shape index (κ3) is 3.49. The van der Waals surface area contributed by atoms with E-state index >= 15 is 0 Å². The van der Waals surface area contributed by atoms with Gasteiger partial charge in [-0.05, 0) is 30.9 Å². The summed E-state index contributed by atoms with van der Waals surface area (Å²) in [5.41, 5.74) is 5.66. The number of nitrogens with two attached hydrogens (primary N) is 1. The zero-order chi connectivity index (χ0) is 13.9. The molecule has 0 saturated heterocycles. The zero-order valence-electron chi connectivity index (χ0n) is 10.5. The van der Waals surface area contributed by atoms with Crippen molar-refractivity contribution in [3.63, 3.8) is 0 Å². The van der Waals surface area contributed by atoms with E-state index in [1.165, 1.54) is 25.1 Å². The number of rotatable bonds is 5. The Morgan fingerprint density at radius 3 is 2.79 bits per heavy atom. The molecule has 2 rings (SSSR count). The zero-order valence-corrected chi connectivity index (χ0v) is 12.1. The van der Waals surface area contributed by atoms with Gasteiger partial charge in [0, 0.05) is 12.7 Å². The van der Waals surface area contributed by atoms with Crippen LogP contribution in [0, 0.1) is 5.92 Å². The number of nitrogens with zero attached hydrogens (tertiary/aromatic N) is 1. The number of pyridine rings is 1. The number of hydrogen-bond donors (Lipinski definition) is 2. The van der Waals surface area contributed by atoms with Crippen molar-refractivity contribution in [3.05, 3.63) is 24.0 Å². The van der Waals surface area contributed by atoms with Gasteiger partial charge in [-0.25, -0.2) is 13.1 Å². The van der Waals surface area contributed by atoms with Crippen molar-refractivity contribution in [2.75, 3.05) is 6.54 Å². The van der Waals surface area contributed by atoms with Crippen molar-refractivity contribution in [3.8, 4) is 0 Å². The Balaban J connectivity index is 2.17. The lowest BCUT2D eigenvalue weighted by atomic mass is 10.1. The minimum atomic E-state index is -3.60. The van der Waals surface area contributed by atoms with Crippen LogP contribution >= 0.6 is 12.2 Å². The van der Waals surface area contributed by atoms with Crippen LogP contribution in [0.25, 0.3) is 0 Å². The summed E-state index contributed by atoms with van der Waals surface area (Å²) in [4.78, 5) is 3.98. The number of aromatic nitrogens is 1. The first-order chi connectivity index (χ1) is 9.00. The highest BCUT2D eigenvalue weighted by molar-refractivity contribution is 7.89. The van der Waals surface area contributed by atoms with Gasteiger partial charge in [0.05, 0.1) is 0 Å². The Morgan fingerprint density at radius 1 is 1.47 bits per heavy atom. The van der Waals surface area contributed by atoms with Crippen LogP contribution in [-0.4, -0.2) is 24.9 Å². The van der Waals surface area contributed by atoms with Crippen molar-refractivity contribution >= 4 is 27.2 Å². The number of nitrogens with one attached hydrogen (secondary N) is 1. The fourth-order valence-corrected chi connectivity index (χ4v) is 3.83. The molecular weight excluding hydrogens is 282 g/mol. The lowest BCUT2D eigenvalue weighted by Crippen LogP contribution is -2.30. The molecule has 0 atom stereocenters. The quantitative estimate of drug-likeness (QED) is 0.798. The minimum absolute atomic E-state index is 0.0122.